The van der Waals surface area contributed by atoms with Crippen molar-refractivity contribution in [3.63, 3.8) is 0 Å². The Labute approximate surface area is 106 Å². The molecule has 0 unspecified atom stereocenters. The summed E-state index contributed by atoms with van der Waals surface area (Å²) in [5.41, 5.74) is 1.70. The number of aromatic nitrogens is 3. The van der Waals surface area contributed by atoms with E-state index in [4.69, 9.17) is 0 Å². The summed E-state index contributed by atoms with van der Waals surface area (Å²) in [5, 5.41) is 11.0. The fourth-order valence-corrected chi connectivity index (χ4v) is 2.00. The van der Waals surface area contributed by atoms with E-state index < -0.39 is 0 Å². The number of carbonyl (C=O) groups is 1. The molecule has 1 amide bonds. The maximum absolute atomic E-state index is 11.8. The van der Waals surface area contributed by atoms with Gasteiger partial charge in [0.05, 0.1) is 5.52 Å². The van der Waals surface area contributed by atoms with Gasteiger partial charge >= 0.3 is 0 Å². The quantitative estimate of drug-likeness (QED) is 0.874. The van der Waals surface area contributed by atoms with Crippen LogP contribution in [0.4, 0.5) is 0 Å². The van der Waals surface area contributed by atoms with Crippen molar-refractivity contribution >= 4 is 16.9 Å². The van der Waals surface area contributed by atoms with Gasteiger partial charge in [0.15, 0.2) is 0 Å². The topological polar surface area (TPSA) is 59.8 Å². The fraction of sp³-hybridized carbons (Fsp3) is 0.462. The molecule has 0 spiro atoms. The number of hydrogen-bond donors (Lipinski definition) is 1. The highest BCUT2D eigenvalue weighted by Gasteiger charge is 2.10. The van der Waals surface area contributed by atoms with Crippen molar-refractivity contribution in [1.29, 1.82) is 0 Å². The number of nitrogens with zero attached hydrogens (tertiary/aromatic N) is 3. The molecule has 96 valence electrons. The molecule has 2 aromatic rings. The summed E-state index contributed by atoms with van der Waals surface area (Å²) < 4.78 is 1.63. The van der Waals surface area contributed by atoms with Crippen molar-refractivity contribution in [2.24, 2.45) is 0 Å². The van der Waals surface area contributed by atoms with Crippen LogP contribution in [0, 0.1) is 0 Å². The van der Waals surface area contributed by atoms with E-state index in [-0.39, 0.29) is 18.5 Å². The van der Waals surface area contributed by atoms with Gasteiger partial charge in [0, 0.05) is 6.04 Å². The zero-order valence-electron chi connectivity index (χ0n) is 10.8. The Morgan fingerprint density at radius 2 is 2.22 bits per heavy atom. The molecule has 1 heterocycles. The number of fused-ring (bicyclic) bond motifs is 1. The maximum atomic E-state index is 11.8. The Balaban J connectivity index is 2.03. The molecule has 0 saturated carbocycles. The average Bonchev–Trinajstić information content (AvgIpc) is 2.73. The Morgan fingerprint density at radius 1 is 1.44 bits per heavy atom. The standard InChI is InChI=1S/C13H18N4O/c1-3-6-10(2)14-13(18)9-17-12-8-5-4-7-11(12)15-16-17/h4-5,7-8,10H,3,6,9H2,1-2H3,(H,14,18)/t10-/m1/s1. The highest BCUT2D eigenvalue weighted by molar-refractivity contribution is 5.79. The zero-order valence-corrected chi connectivity index (χ0v) is 10.8. The van der Waals surface area contributed by atoms with Gasteiger partial charge in [-0.15, -0.1) is 5.10 Å². The molecular formula is C13H18N4O. The highest BCUT2D eigenvalue weighted by atomic mass is 16.2. The number of para-hydroxylation sites is 1. The lowest BCUT2D eigenvalue weighted by molar-refractivity contribution is -0.122. The van der Waals surface area contributed by atoms with Gasteiger partial charge in [-0.1, -0.05) is 30.7 Å². The van der Waals surface area contributed by atoms with Gasteiger partial charge in [-0.3, -0.25) is 4.79 Å². The van der Waals surface area contributed by atoms with Crippen molar-refractivity contribution in [2.45, 2.75) is 39.3 Å². The van der Waals surface area contributed by atoms with Crippen LogP contribution in [0.5, 0.6) is 0 Å². The molecule has 0 bridgehead atoms. The minimum Gasteiger partial charge on any atom is -0.352 e. The molecule has 0 fully saturated rings. The van der Waals surface area contributed by atoms with Crippen LogP contribution in [0.3, 0.4) is 0 Å². The summed E-state index contributed by atoms with van der Waals surface area (Å²) in [5.74, 6) is -0.0217. The number of nitrogens with one attached hydrogen (secondary N) is 1. The van der Waals surface area contributed by atoms with Crippen molar-refractivity contribution in [3.05, 3.63) is 24.3 Å². The normalized spacial score (nSPS) is 12.6. The lowest BCUT2D eigenvalue weighted by Crippen LogP contribution is -2.35. The summed E-state index contributed by atoms with van der Waals surface area (Å²) in [6.45, 7) is 4.34. The van der Waals surface area contributed by atoms with Gasteiger partial charge in [-0.25, -0.2) is 4.68 Å². The number of carbonyl (C=O) groups excluding carboxylic acids is 1. The average molecular weight is 246 g/mol. The third-order valence-corrected chi connectivity index (χ3v) is 2.84. The van der Waals surface area contributed by atoms with E-state index in [2.05, 4.69) is 22.6 Å². The molecule has 5 heteroatoms. The Kier molecular flexibility index (Phi) is 3.92. The lowest BCUT2D eigenvalue weighted by atomic mass is 10.2. The molecule has 1 N–H and O–H groups in total. The van der Waals surface area contributed by atoms with Crippen LogP contribution >= 0.6 is 0 Å². The Hall–Kier alpha value is -1.91. The van der Waals surface area contributed by atoms with E-state index in [1.54, 1.807) is 4.68 Å². The predicted octanol–water partition coefficient (Wildman–Crippen LogP) is 1.74. The van der Waals surface area contributed by atoms with Crippen LogP contribution in [0.1, 0.15) is 26.7 Å². The van der Waals surface area contributed by atoms with Gasteiger partial charge in [0.2, 0.25) is 5.91 Å². The van der Waals surface area contributed by atoms with E-state index in [1.165, 1.54) is 0 Å². The van der Waals surface area contributed by atoms with Gasteiger partial charge in [0.25, 0.3) is 0 Å². The Morgan fingerprint density at radius 3 is 3.00 bits per heavy atom. The molecule has 0 aliphatic carbocycles. The van der Waals surface area contributed by atoms with E-state index >= 15 is 0 Å². The second kappa shape index (κ2) is 5.62. The van der Waals surface area contributed by atoms with Gasteiger partial charge in [-0.2, -0.15) is 0 Å². The molecule has 0 aliphatic heterocycles. The summed E-state index contributed by atoms with van der Waals surface area (Å²) in [6, 6.07) is 7.83. The number of rotatable bonds is 5. The smallest absolute Gasteiger partial charge is 0.242 e. The van der Waals surface area contributed by atoms with Crippen LogP contribution in [-0.2, 0) is 11.3 Å². The van der Waals surface area contributed by atoms with Crippen molar-refractivity contribution < 1.29 is 4.79 Å². The molecule has 1 aromatic carbocycles. The zero-order chi connectivity index (χ0) is 13.0. The first-order valence-corrected chi connectivity index (χ1v) is 6.28. The minimum atomic E-state index is -0.0217. The third kappa shape index (κ3) is 2.85. The summed E-state index contributed by atoms with van der Waals surface area (Å²) in [7, 11) is 0. The third-order valence-electron chi connectivity index (χ3n) is 2.84. The molecule has 0 saturated heterocycles. The largest absolute Gasteiger partial charge is 0.352 e. The van der Waals surface area contributed by atoms with Crippen LogP contribution < -0.4 is 5.32 Å². The summed E-state index contributed by atoms with van der Waals surface area (Å²) in [6.07, 6.45) is 2.05. The van der Waals surface area contributed by atoms with Gasteiger partial charge in [0.1, 0.15) is 12.1 Å². The molecule has 0 aliphatic rings. The fourth-order valence-electron chi connectivity index (χ4n) is 2.00. The second-order valence-electron chi connectivity index (χ2n) is 4.49. The highest BCUT2D eigenvalue weighted by Crippen LogP contribution is 2.09. The van der Waals surface area contributed by atoms with Crippen LogP contribution in [0.25, 0.3) is 11.0 Å². The molecule has 5 nitrogen and oxygen atoms in total. The molecule has 0 radical (unpaired) electrons. The molecule has 1 aromatic heterocycles. The van der Waals surface area contributed by atoms with Crippen molar-refractivity contribution in [1.82, 2.24) is 20.3 Å². The van der Waals surface area contributed by atoms with Gasteiger partial charge in [-0.05, 0) is 25.5 Å². The monoisotopic (exact) mass is 246 g/mol. The number of amides is 1. The molecule has 1 atom stereocenters. The Bertz CT molecular complexity index is 535. The number of benzene rings is 1. The SMILES string of the molecule is CCC[C@@H](C)NC(=O)Cn1nnc2ccccc21. The van der Waals surface area contributed by atoms with Crippen molar-refractivity contribution in [3.8, 4) is 0 Å². The number of hydrogen-bond acceptors (Lipinski definition) is 3. The first kappa shape index (κ1) is 12.5. The van der Waals surface area contributed by atoms with Crippen LogP contribution in [0.15, 0.2) is 24.3 Å². The summed E-state index contributed by atoms with van der Waals surface area (Å²) in [4.78, 5) is 11.8. The van der Waals surface area contributed by atoms with Crippen molar-refractivity contribution in [2.75, 3.05) is 0 Å². The molecule has 2 rings (SSSR count). The lowest BCUT2D eigenvalue weighted by Gasteiger charge is -2.12. The first-order chi connectivity index (χ1) is 8.70. The van der Waals surface area contributed by atoms with E-state index in [1.807, 2.05) is 31.2 Å². The van der Waals surface area contributed by atoms with E-state index in [0.717, 1.165) is 23.9 Å². The minimum absolute atomic E-state index is 0.0217. The maximum Gasteiger partial charge on any atom is 0.242 e. The molecule has 18 heavy (non-hydrogen) atoms. The molecular weight excluding hydrogens is 228 g/mol. The second-order valence-corrected chi connectivity index (χ2v) is 4.49. The summed E-state index contributed by atoms with van der Waals surface area (Å²) >= 11 is 0. The van der Waals surface area contributed by atoms with E-state index in [9.17, 15) is 4.79 Å². The van der Waals surface area contributed by atoms with Crippen LogP contribution in [-0.4, -0.2) is 26.9 Å². The first-order valence-electron chi connectivity index (χ1n) is 6.28. The predicted molar refractivity (Wildman–Crippen MR) is 70.0 cm³/mol. The van der Waals surface area contributed by atoms with E-state index in [0.29, 0.717) is 0 Å². The van der Waals surface area contributed by atoms with Crippen LogP contribution in [0.2, 0.25) is 0 Å². The van der Waals surface area contributed by atoms with Gasteiger partial charge < -0.3 is 5.32 Å².